The summed E-state index contributed by atoms with van der Waals surface area (Å²) in [6, 6.07) is 23.6. The molecule has 4 aromatic carbocycles. The van der Waals surface area contributed by atoms with Crippen LogP contribution in [0.3, 0.4) is 0 Å². The van der Waals surface area contributed by atoms with Gasteiger partial charge in [0, 0.05) is 5.92 Å². The normalized spacial score (nSPS) is 12.3. The fourth-order valence-electron chi connectivity index (χ4n) is 5.00. The number of phenols is 6. The van der Waals surface area contributed by atoms with Crippen LogP contribution in [0.15, 0.2) is 84.9 Å². The van der Waals surface area contributed by atoms with E-state index in [1.807, 2.05) is 60.7 Å². The van der Waals surface area contributed by atoms with Gasteiger partial charge in [-0.05, 0) is 67.0 Å². The Hall–Kier alpha value is -5.38. The first-order valence-electron chi connectivity index (χ1n) is 14.0. The minimum atomic E-state index is -0.776. The van der Waals surface area contributed by atoms with Gasteiger partial charge in [-0.15, -0.1) is 0 Å². The Morgan fingerprint density at radius 1 is 0.568 bits per heavy atom. The summed E-state index contributed by atoms with van der Waals surface area (Å²) in [6.45, 7) is 0.0515. The number of hydrogen-bond acceptors (Lipinski definition) is 10. The molecule has 230 valence electrons. The van der Waals surface area contributed by atoms with Crippen molar-refractivity contribution in [3.8, 4) is 34.5 Å². The molecule has 0 heterocycles. The molecule has 10 heteroatoms. The van der Waals surface area contributed by atoms with Gasteiger partial charge >= 0.3 is 11.9 Å². The number of benzene rings is 4. The number of ether oxygens (including phenoxy) is 2. The molecule has 10 nitrogen and oxygen atoms in total. The maximum atomic E-state index is 12.9. The second-order valence-corrected chi connectivity index (χ2v) is 10.5. The van der Waals surface area contributed by atoms with Crippen LogP contribution in [0.4, 0.5) is 0 Å². The molecule has 0 spiro atoms. The monoisotopic (exact) mass is 602 g/mol. The Balaban J connectivity index is 1.49. The molecule has 0 radical (unpaired) electrons. The molecule has 2 atom stereocenters. The smallest absolute Gasteiger partial charge is 0.338 e. The van der Waals surface area contributed by atoms with E-state index in [4.69, 9.17) is 9.47 Å². The van der Waals surface area contributed by atoms with E-state index in [2.05, 4.69) is 0 Å². The van der Waals surface area contributed by atoms with Crippen molar-refractivity contribution >= 4 is 11.9 Å². The Morgan fingerprint density at radius 2 is 0.977 bits per heavy atom. The van der Waals surface area contributed by atoms with E-state index in [1.54, 1.807) is 0 Å². The highest BCUT2D eigenvalue weighted by atomic mass is 16.5. The van der Waals surface area contributed by atoms with Gasteiger partial charge in [0.15, 0.2) is 34.5 Å². The Bertz CT molecular complexity index is 1520. The van der Waals surface area contributed by atoms with Crippen LogP contribution in [-0.4, -0.2) is 55.8 Å². The van der Waals surface area contributed by atoms with Gasteiger partial charge in [0.2, 0.25) is 0 Å². The molecule has 0 unspecified atom stereocenters. The third-order valence-corrected chi connectivity index (χ3v) is 7.34. The molecule has 0 aromatic heterocycles. The summed E-state index contributed by atoms with van der Waals surface area (Å²) in [5.74, 6) is -5.80. The molecule has 0 aliphatic heterocycles. The molecule has 0 amide bonds. The van der Waals surface area contributed by atoms with Crippen molar-refractivity contribution in [2.75, 3.05) is 13.2 Å². The zero-order chi connectivity index (χ0) is 31.6. The largest absolute Gasteiger partial charge is 0.504 e. The van der Waals surface area contributed by atoms with Crippen molar-refractivity contribution < 1.29 is 49.7 Å². The molecule has 4 rings (SSSR count). The van der Waals surface area contributed by atoms with Crippen LogP contribution in [0, 0.1) is 11.8 Å². The van der Waals surface area contributed by atoms with Crippen molar-refractivity contribution in [1.82, 2.24) is 0 Å². The number of carbonyl (C=O) groups is 2. The lowest BCUT2D eigenvalue weighted by atomic mass is 9.80. The van der Waals surface area contributed by atoms with Gasteiger partial charge in [0.1, 0.15) is 0 Å². The van der Waals surface area contributed by atoms with Crippen LogP contribution in [0.5, 0.6) is 34.5 Å². The first kappa shape index (κ1) is 31.6. The van der Waals surface area contributed by atoms with Gasteiger partial charge in [-0.25, -0.2) is 9.59 Å². The first-order chi connectivity index (χ1) is 21.1. The third kappa shape index (κ3) is 8.34. The van der Waals surface area contributed by atoms with E-state index in [0.717, 1.165) is 35.4 Å². The van der Waals surface area contributed by atoms with Crippen molar-refractivity contribution in [2.24, 2.45) is 11.8 Å². The van der Waals surface area contributed by atoms with Crippen LogP contribution in [0.1, 0.15) is 44.7 Å². The summed E-state index contributed by atoms with van der Waals surface area (Å²) in [4.78, 5) is 25.4. The topological polar surface area (TPSA) is 174 Å². The standard InChI is InChI=1S/C34H34O10/c35-27-16-24(17-28(36)31(27)39)33(41)43-13-7-12-23(14-21-8-3-1-4-9-21)26(15-22-10-5-2-6-11-22)20-44-34(42)25-18-29(37)32(40)30(38)19-25/h1-6,8-11,16-19,23,26,35-40H,7,12-15,20H2/t23-,26+/m1/s1. The summed E-state index contributed by atoms with van der Waals surface area (Å²) in [5.41, 5.74) is 1.88. The van der Waals surface area contributed by atoms with Gasteiger partial charge < -0.3 is 40.1 Å². The van der Waals surface area contributed by atoms with Crippen LogP contribution in [0.25, 0.3) is 0 Å². The fourth-order valence-corrected chi connectivity index (χ4v) is 5.00. The van der Waals surface area contributed by atoms with E-state index in [-0.39, 0.29) is 36.2 Å². The van der Waals surface area contributed by atoms with Gasteiger partial charge in [-0.2, -0.15) is 0 Å². The van der Waals surface area contributed by atoms with Crippen LogP contribution < -0.4 is 0 Å². The predicted molar refractivity (Wildman–Crippen MR) is 160 cm³/mol. The average Bonchev–Trinajstić information content (AvgIpc) is 3.02. The highest BCUT2D eigenvalue weighted by Crippen LogP contribution is 2.37. The van der Waals surface area contributed by atoms with Gasteiger partial charge in [-0.1, -0.05) is 60.7 Å². The van der Waals surface area contributed by atoms with E-state index in [1.165, 1.54) is 0 Å². The predicted octanol–water partition coefficient (Wildman–Crippen LogP) is 5.43. The summed E-state index contributed by atoms with van der Waals surface area (Å²) in [5, 5.41) is 58.2. The third-order valence-electron chi connectivity index (χ3n) is 7.34. The molecule has 0 aliphatic carbocycles. The molecular weight excluding hydrogens is 568 g/mol. The molecule has 6 N–H and O–H groups in total. The fraction of sp³-hybridized carbons (Fsp3) is 0.235. The summed E-state index contributed by atoms with van der Waals surface area (Å²) < 4.78 is 11.0. The molecular formula is C34H34O10. The van der Waals surface area contributed by atoms with Crippen molar-refractivity contribution in [3.05, 3.63) is 107 Å². The molecule has 0 bridgehead atoms. The zero-order valence-corrected chi connectivity index (χ0v) is 23.8. The number of phenolic OH excluding ortho intramolecular Hbond substituents is 6. The minimum absolute atomic E-state index is 0.0134. The zero-order valence-electron chi connectivity index (χ0n) is 23.8. The van der Waals surface area contributed by atoms with E-state index < -0.39 is 46.4 Å². The summed E-state index contributed by atoms with van der Waals surface area (Å²) in [7, 11) is 0. The van der Waals surface area contributed by atoms with Gasteiger partial charge in [0.25, 0.3) is 0 Å². The SMILES string of the molecule is O=C(OCCC[C@H](Cc1ccccc1)[C@H](COC(=O)c1cc(O)c(O)c(O)c1)Cc1ccccc1)c1cc(O)c(O)c(O)c1. The number of rotatable bonds is 13. The van der Waals surface area contributed by atoms with Crippen molar-refractivity contribution in [1.29, 1.82) is 0 Å². The number of esters is 2. The van der Waals surface area contributed by atoms with E-state index >= 15 is 0 Å². The highest BCUT2D eigenvalue weighted by Gasteiger charge is 2.25. The van der Waals surface area contributed by atoms with Crippen LogP contribution >= 0.6 is 0 Å². The lowest BCUT2D eigenvalue weighted by molar-refractivity contribution is 0.0361. The Kier molecular flexibility index (Phi) is 10.5. The molecule has 4 aromatic rings. The number of hydrogen-bond donors (Lipinski definition) is 6. The molecule has 0 fully saturated rings. The number of aromatic hydroxyl groups is 6. The molecule has 44 heavy (non-hydrogen) atoms. The van der Waals surface area contributed by atoms with Gasteiger partial charge in [0.05, 0.1) is 24.3 Å². The second-order valence-electron chi connectivity index (χ2n) is 10.5. The molecule has 0 saturated heterocycles. The van der Waals surface area contributed by atoms with E-state index in [0.29, 0.717) is 25.7 Å². The van der Waals surface area contributed by atoms with Gasteiger partial charge in [-0.3, -0.25) is 0 Å². The minimum Gasteiger partial charge on any atom is -0.504 e. The highest BCUT2D eigenvalue weighted by molar-refractivity contribution is 5.91. The lowest BCUT2D eigenvalue weighted by Crippen LogP contribution is -2.26. The lowest BCUT2D eigenvalue weighted by Gasteiger charge is -2.28. The van der Waals surface area contributed by atoms with Crippen molar-refractivity contribution in [2.45, 2.75) is 25.7 Å². The Morgan fingerprint density at radius 3 is 1.43 bits per heavy atom. The summed E-state index contributed by atoms with van der Waals surface area (Å²) >= 11 is 0. The maximum Gasteiger partial charge on any atom is 0.338 e. The Labute approximate surface area is 254 Å². The van der Waals surface area contributed by atoms with Crippen molar-refractivity contribution in [3.63, 3.8) is 0 Å². The maximum absolute atomic E-state index is 12.9. The number of carbonyl (C=O) groups excluding carboxylic acids is 2. The van der Waals surface area contributed by atoms with Crippen LogP contribution in [0.2, 0.25) is 0 Å². The van der Waals surface area contributed by atoms with Crippen LogP contribution in [-0.2, 0) is 22.3 Å². The summed E-state index contributed by atoms with van der Waals surface area (Å²) in [6.07, 6.45) is 2.26. The quantitative estimate of drug-likeness (QED) is 0.0658. The second kappa shape index (κ2) is 14.7. The average molecular weight is 603 g/mol. The molecule has 0 saturated carbocycles. The molecule has 0 aliphatic rings. The van der Waals surface area contributed by atoms with E-state index in [9.17, 15) is 40.2 Å². The first-order valence-corrected chi connectivity index (χ1v) is 14.0.